The van der Waals surface area contributed by atoms with Crippen LogP contribution in [-0.4, -0.2) is 57.2 Å². The monoisotopic (exact) mass is 328 g/mol. The van der Waals surface area contributed by atoms with E-state index < -0.39 is 0 Å². The van der Waals surface area contributed by atoms with Crippen LogP contribution < -0.4 is 4.90 Å². The summed E-state index contributed by atoms with van der Waals surface area (Å²) in [5.74, 6) is 0.0612. The van der Waals surface area contributed by atoms with Gasteiger partial charge in [-0.1, -0.05) is 39.0 Å². The van der Waals surface area contributed by atoms with Crippen molar-refractivity contribution in [2.75, 3.05) is 31.1 Å². The van der Waals surface area contributed by atoms with Crippen LogP contribution in [-0.2, 0) is 16.8 Å². The molecule has 0 radical (unpaired) electrons. The zero-order valence-electron chi connectivity index (χ0n) is 14.5. The fourth-order valence-corrected chi connectivity index (χ4v) is 3.07. The molecule has 1 aromatic heterocycles. The molecule has 0 saturated carbocycles. The van der Waals surface area contributed by atoms with E-state index in [2.05, 4.69) is 65.5 Å². The number of carbonyl (C=O) groups is 1. The first kappa shape index (κ1) is 16.4. The van der Waals surface area contributed by atoms with Gasteiger partial charge in [-0.3, -0.25) is 4.79 Å². The topological polar surface area (TPSA) is 67.2 Å². The number of hydrogen-bond donors (Lipinski definition) is 0. The number of benzene rings is 1. The van der Waals surface area contributed by atoms with E-state index in [9.17, 15) is 4.79 Å². The van der Waals surface area contributed by atoms with Crippen molar-refractivity contribution in [3.05, 3.63) is 36.2 Å². The Morgan fingerprint density at radius 1 is 1.12 bits per heavy atom. The van der Waals surface area contributed by atoms with E-state index in [1.165, 1.54) is 22.3 Å². The number of carbonyl (C=O) groups excluding carboxylic acids is 1. The van der Waals surface area contributed by atoms with E-state index in [1.54, 1.807) is 0 Å². The summed E-state index contributed by atoms with van der Waals surface area (Å²) in [7, 11) is 0. The number of piperazine rings is 1. The highest BCUT2D eigenvalue weighted by molar-refractivity contribution is 5.76. The molecule has 1 aromatic carbocycles. The second-order valence-electron chi connectivity index (χ2n) is 7.14. The molecule has 0 atom stereocenters. The lowest BCUT2D eigenvalue weighted by Gasteiger charge is -2.38. The van der Waals surface area contributed by atoms with Crippen LogP contribution in [0.25, 0.3) is 0 Å². The van der Waals surface area contributed by atoms with E-state index >= 15 is 0 Å². The number of tetrazole rings is 1. The molecular formula is C17H24N6O. The summed E-state index contributed by atoms with van der Waals surface area (Å²) in [6.45, 7) is 10.0. The molecule has 3 rings (SSSR count). The van der Waals surface area contributed by atoms with E-state index in [0.29, 0.717) is 0 Å². The van der Waals surface area contributed by atoms with Gasteiger partial charge in [-0.25, -0.2) is 4.68 Å². The normalized spacial score (nSPS) is 15.6. The van der Waals surface area contributed by atoms with Crippen molar-refractivity contribution in [3.63, 3.8) is 0 Å². The van der Waals surface area contributed by atoms with Crippen molar-refractivity contribution in [1.82, 2.24) is 25.1 Å². The minimum atomic E-state index is 0.0612. The first-order chi connectivity index (χ1) is 11.4. The van der Waals surface area contributed by atoms with Gasteiger partial charge in [0.1, 0.15) is 12.9 Å². The molecule has 24 heavy (non-hydrogen) atoms. The molecule has 0 unspecified atom stereocenters. The van der Waals surface area contributed by atoms with Crippen LogP contribution in [0.1, 0.15) is 26.3 Å². The highest BCUT2D eigenvalue weighted by Crippen LogP contribution is 2.32. The third-order valence-corrected chi connectivity index (χ3v) is 4.37. The van der Waals surface area contributed by atoms with Gasteiger partial charge in [-0.2, -0.15) is 0 Å². The zero-order valence-corrected chi connectivity index (χ0v) is 14.5. The van der Waals surface area contributed by atoms with Gasteiger partial charge in [0.25, 0.3) is 0 Å². The lowest BCUT2D eigenvalue weighted by atomic mass is 9.85. The molecule has 0 aliphatic carbocycles. The minimum absolute atomic E-state index is 0.0612. The summed E-state index contributed by atoms with van der Waals surface area (Å²) in [6, 6.07) is 8.56. The first-order valence-corrected chi connectivity index (χ1v) is 8.28. The Morgan fingerprint density at radius 3 is 2.46 bits per heavy atom. The molecule has 0 bridgehead atoms. The third-order valence-electron chi connectivity index (χ3n) is 4.37. The molecule has 128 valence electrons. The molecule has 2 aromatic rings. The smallest absolute Gasteiger partial charge is 0.244 e. The lowest BCUT2D eigenvalue weighted by Crippen LogP contribution is -2.50. The van der Waals surface area contributed by atoms with Crippen LogP contribution in [0.5, 0.6) is 0 Å². The maximum atomic E-state index is 12.3. The van der Waals surface area contributed by atoms with Crippen molar-refractivity contribution in [3.8, 4) is 0 Å². The fourth-order valence-electron chi connectivity index (χ4n) is 3.07. The van der Waals surface area contributed by atoms with Gasteiger partial charge in [0, 0.05) is 31.9 Å². The van der Waals surface area contributed by atoms with Crippen molar-refractivity contribution in [2.24, 2.45) is 0 Å². The van der Waals surface area contributed by atoms with Crippen LogP contribution in [0.15, 0.2) is 30.6 Å². The van der Waals surface area contributed by atoms with Crippen molar-refractivity contribution < 1.29 is 4.79 Å². The first-order valence-electron chi connectivity index (χ1n) is 8.28. The Balaban J connectivity index is 1.64. The van der Waals surface area contributed by atoms with E-state index in [-0.39, 0.29) is 17.9 Å². The number of rotatable bonds is 3. The molecule has 0 N–H and O–H groups in total. The number of aromatic nitrogens is 4. The molecule has 1 aliphatic rings. The average Bonchev–Trinajstić information content (AvgIpc) is 3.07. The van der Waals surface area contributed by atoms with E-state index in [1.807, 2.05) is 4.90 Å². The average molecular weight is 328 g/mol. The van der Waals surface area contributed by atoms with E-state index in [4.69, 9.17) is 0 Å². The number of nitrogens with zero attached hydrogens (tertiary/aromatic N) is 6. The van der Waals surface area contributed by atoms with Gasteiger partial charge in [-0.15, -0.1) is 5.10 Å². The van der Waals surface area contributed by atoms with Gasteiger partial charge >= 0.3 is 0 Å². The van der Waals surface area contributed by atoms with Crippen molar-refractivity contribution in [2.45, 2.75) is 32.7 Å². The third kappa shape index (κ3) is 3.55. The zero-order chi connectivity index (χ0) is 17.2. The minimum Gasteiger partial charge on any atom is -0.368 e. The molecule has 7 heteroatoms. The number of hydrogen-bond acceptors (Lipinski definition) is 5. The molecule has 1 amide bonds. The van der Waals surface area contributed by atoms with Crippen LogP contribution in [0.3, 0.4) is 0 Å². The highest BCUT2D eigenvalue weighted by Gasteiger charge is 2.25. The number of amides is 1. The second kappa shape index (κ2) is 6.59. The van der Waals surface area contributed by atoms with Crippen molar-refractivity contribution in [1.29, 1.82) is 0 Å². The SMILES string of the molecule is CC(C)(C)c1ccccc1N1CCN(C(=O)Cn2cnnn2)CC1. The summed E-state index contributed by atoms with van der Waals surface area (Å²) < 4.78 is 1.46. The van der Waals surface area contributed by atoms with Gasteiger partial charge in [0.05, 0.1) is 0 Å². The Hall–Kier alpha value is -2.44. The van der Waals surface area contributed by atoms with Crippen LogP contribution in [0.4, 0.5) is 5.69 Å². The largest absolute Gasteiger partial charge is 0.368 e. The number of para-hydroxylation sites is 1. The molecule has 1 saturated heterocycles. The number of anilines is 1. The molecule has 0 spiro atoms. The Morgan fingerprint density at radius 2 is 1.83 bits per heavy atom. The van der Waals surface area contributed by atoms with Gasteiger partial charge in [0.2, 0.25) is 5.91 Å². The summed E-state index contributed by atoms with van der Waals surface area (Å²) in [5.41, 5.74) is 2.72. The maximum absolute atomic E-state index is 12.3. The van der Waals surface area contributed by atoms with Gasteiger partial charge < -0.3 is 9.80 Å². The predicted molar refractivity (Wildman–Crippen MR) is 91.8 cm³/mol. The van der Waals surface area contributed by atoms with Gasteiger partial charge in [-0.05, 0) is 27.5 Å². The summed E-state index contributed by atoms with van der Waals surface area (Å²) in [4.78, 5) is 16.6. The fraction of sp³-hybridized carbons (Fsp3) is 0.529. The van der Waals surface area contributed by atoms with Crippen molar-refractivity contribution >= 4 is 11.6 Å². The lowest BCUT2D eigenvalue weighted by molar-refractivity contribution is -0.132. The second-order valence-corrected chi connectivity index (χ2v) is 7.14. The van der Waals surface area contributed by atoms with Crippen LogP contribution >= 0.6 is 0 Å². The molecule has 1 aliphatic heterocycles. The quantitative estimate of drug-likeness (QED) is 0.850. The summed E-state index contributed by atoms with van der Waals surface area (Å²) >= 11 is 0. The van der Waals surface area contributed by atoms with Gasteiger partial charge in [0.15, 0.2) is 0 Å². The van der Waals surface area contributed by atoms with E-state index in [0.717, 1.165) is 26.2 Å². The Labute approximate surface area is 142 Å². The molecule has 2 heterocycles. The predicted octanol–water partition coefficient (Wildman–Crippen LogP) is 1.32. The standard InChI is InChI=1S/C17H24N6O/c1-17(2,3)14-6-4-5-7-15(14)21-8-10-22(11-9-21)16(24)12-23-13-18-19-20-23/h4-7,13H,8-12H2,1-3H3. The molecule has 7 nitrogen and oxygen atoms in total. The summed E-state index contributed by atoms with van der Waals surface area (Å²) in [5, 5.41) is 10.9. The maximum Gasteiger partial charge on any atom is 0.244 e. The Bertz CT molecular complexity index is 683. The Kier molecular flexibility index (Phi) is 4.51. The van der Waals surface area contributed by atoms with Crippen LogP contribution in [0, 0.1) is 0 Å². The van der Waals surface area contributed by atoms with Crippen LogP contribution in [0.2, 0.25) is 0 Å². The molecular weight excluding hydrogens is 304 g/mol. The highest BCUT2D eigenvalue weighted by atomic mass is 16.2. The summed E-state index contributed by atoms with van der Waals surface area (Å²) in [6.07, 6.45) is 1.47. The molecule has 1 fully saturated rings.